The highest BCUT2D eigenvalue weighted by Gasteiger charge is 2.30. The topological polar surface area (TPSA) is 28.7 Å². The summed E-state index contributed by atoms with van der Waals surface area (Å²) in [5, 5.41) is 10.2. The summed E-state index contributed by atoms with van der Waals surface area (Å²) >= 11 is 0. The van der Waals surface area contributed by atoms with E-state index in [0.29, 0.717) is 23.2 Å². The van der Waals surface area contributed by atoms with Gasteiger partial charge in [0.1, 0.15) is 0 Å². The highest BCUT2D eigenvalue weighted by molar-refractivity contribution is 5.93. The molecule has 0 fully saturated rings. The quantitative estimate of drug-likeness (QED) is 0.496. The number of nitrogens with zero attached hydrogens (tertiary/aromatic N) is 2. The Bertz CT molecular complexity index is 1080. The molecule has 0 aliphatic heterocycles. The molecule has 0 atom stereocenters. The van der Waals surface area contributed by atoms with Crippen molar-refractivity contribution in [3.63, 3.8) is 0 Å². The molecule has 1 aromatic heterocycles. The molecular formula is C22H19F3N2. The summed E-state index contributed by atoms with van der Waals surface area (Å²) in [5.41, 5.74) is 3.87. The zero-order valence-corrected chi connectivity index (χ0v) is 15.4. The zero-order valence-electron chi connectivity index (χ0n) is 15.4. The number of benzene rings is 2. The summed E-state index contributed by atoms with van der Waals surface area (Å²) in [6.07, 6.45) is -2.45. The molecule has 0 spiro atoms. The highest BCUT2D eigenvalue weighted by atomic mass is 19.4. The molecular weight excluding hydrogens is 349 g/mol. The van der Waals surface area contributed by atoms with Gasteiger partial charge in [0, 0.05) is 34.8 Å². The van der Waals surface area contributed by atoms with Gasteiger partial charge >= 0.3 is 6.18 Å². The van der Waals surface area contributed by atoms with Crippen LogP contribution in [0.5, 0.6) is 0 Å². The Hall–Kier alpha value is -3.00. The predicted octanol–water partition coefficient (Wildman–Crippen LogP) is 6.33. The average molecular weight is 368 g/mol. The molecule has 3 aromatic rings. The van der Waals surface area contributed by atoms with Gasteiger partial charge in [0.2, 0.25) is 0 Å². The molecule has 0 aliphatic rings. The second-order valence-corrected chi connectivity index (χ2v) is 6.75. The maximum atomic E-state index is 13.1. The summed E-state index contributed by atoms with van der Waals surface area (Å²) < 4.78 is 41.3. The van der Waals surface area contributed by atoms with Crippen molar-refractivity contribution in [1.82, 2.24) is 4.57 Å². The third-order valence-corrected chi connectivity index (χ3v) is 4.74. The Labute approximate surface area is 156 Å². The lowest BCUT2D eigenvalue weighted by Crippen LogP contribution is -2.07. The van der Waals surface area contributed by atoms with Crippen LogP contribution in [-0.2, 0) is 12.7 Å². The minimum Gasteiger partial charge on any atom is -0.342 e. The first-order valence-electron chi connectivity index (χ1n) is 8.54. The monoisotopic (exact) mass is 368 g/mol. The van der Waals surface area contributed by atoms with E-state index in [0.717, 1.165) is 28.1 Å². The number of allylic oxidation sites excluding steroid dienone is 2. The predicted molar refractivity (Wildman–Crippen MR) is 101 cm³/mol. The molecule has 27 heavy (non-hydrogen) atoms. The van der Waals surface area contributed by atoms with Crippen LogP contribution in [0.15, 0.2) is 54.2 Å². The van der Waals surface area contributed by atoms with E-state index in [-0.39, 0.29) is 0 Å². The van der Waals surface area contributed by atoms with Crippen LogP contribution in [0.1, 0.15) is 36.1 Å². The molecule has 0 bridgehead atoms. The lowest BCUT2D eigenvalue weighted by Gasteiger charge is -2.12. The molecule has 0 aliphatic carbocycles. The molecule has 138 valence electrons. The van der Waals surface area contributed by atoms with Gasteiger partial charge in [-0.15, -0.1) is 0 Å². The van der Waals surface area contributed by atoms with Crippen LogP contribution in [0.2, 0.25) is 0 Å². The Balaban J connectivity index is 2.12. The summed E-state index contributed by atoms with van der Waals surface area (Å²) in [7, 11) is 0. The molecule has 0 saturated carbocycles. The van der Waals surface area contributed by atoms with Crippen molar-refractivity contribution >= 4 is 16.5 Å². The zero-order chi connectivity index (χ0) is 19.8. The number of halogens is 3. The maximum absolute atomic E-state index is 13.1. The van der Waals surface area contributed by atoms with Crippen LogP contribution in [-0.4, -0.2) is 4.57 Å². The van der Waals surface area contributed by atoms with Crippen molar-refractivity contribution in [2.24, 2.45) is 0 Å². The first-order chi connectivity index (χ1) is 12.7. The number of rotatable bonds is 3. The fourth-order valence-corrected chi connectivity index (χ4v) is 3.28. The molecule has 5 heteroatoms. The molecule has 0 saturated heterocycles. The molecule has 0 N–H and O–H groups in total. The number of alkyl halides is 3. The van der Waals surface area contributed by atoms with Gasteiger partial charge in [-0.25, -0.2) is 0 Å². The van der Waals surface area contributed by atoms with Crippen molar-refractivity contribution in [3.8, 4) is 6.07 Å². The van der Waals surface area contributed by atoms with Crippen LogP contribution < -0.4 is 0 Å². The van der Waals surface area contributed by atoms with Gasteiger partial charge in [-0.1, -0.05) is 29.8 Å². The van der Waals surface area contributed by atoms with Gasteiger partial charge in [-0.2, -0.15) is 18.4 Å². The van der Waals surface area contributed by atoms with E-state index in [1.54, 1.807) is 19.9 Å². The third-order valence-electron chi connectivity index (χ3n) is 4.74. The lowest BCUT2D eigenvalue weighted by molar-refractivity contribution is -0.137. The minimum atomic E-state index is -4.37. The third kappa shape index (κ3) is 3.75. The van der Waals surface area contributed by atoms with E-state index < -0.39 is 11.7 Å². The van der Waals surface area contributed by atoms with Crippen LogP contribution in [0.25, 0.3) is 16.5 Å². The summed E-state index contributed by atoms with van der Waals surface area (Å²) in [5.74, 6) is 0. The van der Waals surface area contributed by atoms with E-state index in [1.165, 1.54) is 6.07 Å². The van der Waals surface area contributed by atoms with Crippen LogP contribution in [0, 0.1) is 18.3 Å². The molecule has 0 unspecified atom stereocenters. The molecule has 3 rings (SSSR count). The summed E-state index contributed by atoms with van der Waals surface area (Å²) in [4.78, 5) is 0. The van der Waals surface area contributed by atoms with Crippen molar-refractivity contribution in [1.29, 1.82) is 5.26 Å². The molecule has 1 heterocycles. The second-order valence-electron chi connectivity index (χ2n) is 6.75. The van der Waals surface area contributed by atoms with Gasteiger partial charge in [-0.05, 0) is 50.1 Å². The molecule has 0 amide bonds. The Morgan fingerprint density at radius 1 is 1.11 bits per heavy atom. The second kappa shape index (κ2) is 6.96. The number of para-hydroxylation sites is 1. The van der Waals surface area contributed by atoms with E-state index >= 15 is 0 Å². The highest BCUT2D eigenvalue weighted by Crippen LogP contribution is 2.32. The number of hydrogen-bond acceptors (Lipinski definition) is 1. The minimum absolute atomic E-state index is 0.324. The molecule has 0 radical (unpaired) electrons. The van der Waals surface area contributed by atoms with Gasteiger partial charge in [0.15, 0.2) is 0 Å². The normalized spacial score (nSPS) is 12.8. The number of aromatic nitrogens is 1. The van der Waals surface area contributed by atoms with Crippen LogP contribution >= 0.6 is 0 Å². The number of nitriles is 1. The fraction of sp³-hybridized carbons (Fsp3) is 0.227. The SMILES string of the molecule is C/C(C#N)=C(\C)c1cn(Cc2cc(C)cc(C(F)(F)F)c2)c2ccccc12. The van der Waals surface area contributed by atoms with Gasteiger partial charge in [0.05, 0.1) is 11.6 Å². The van der Waals surface area contributed by atoms with Crippen molar-refractivity contribution < 1.29 is 13.2 Å². The van der Waals surface area contributed by atoms with Gasteiger partial charge < -0.3 is 4.57 Å². The van der Waals surface area contributed by atoms with E-state index in [2.05, 4.69) is 6.07 Å². The van der Waals surface area contributed by atoms with Crippen molar-refractivity contribution in [2.75, 3.05) is 0 Å². The van der Waals surface area contributed by atoms with Crippen molar-refractivity contribution in [2.45, 2.75) is 33.5 Å². The van der Waals surface area contributed by atoms with E-state index in [9.17, 15) is 18.4 Å². The van der Waals surface area contributed by atoms with E-state index in [1.807, 2.05) is 42.0 Å². The van der Waals surface area contributed by atoms with Crippen LogP contribution in [0.3, 0.4) is 0 Å². The molecule has 2 nitrogen and oxygen atoms in total. The van der Waals surface area contributed by atoms with E-state index in [4.69, 9.17) is 0 Å². The first kappa shape index (κ1) is 18.8. The molecule has 2 aromatic carbocycles. The Kier molecular flexibility index (Phi) is 4.84. The lowest BCUT2D eigenvalue weighted by atomic mass is 10.0. The average Bonchev–Trinajstić information content (AvgIpc) is 2.98. The number of aryl methyl sites for hydroxylation is 1. The largest absolute Gasteiger partial charge is 0.416 e. The fourth-order valence-electron chi connectivity index (χ4n) is 3.28. The van der Waals surface area contributed by atoms with Crippen LogP contribution in [0.4, 0.5) is 13.2 Å². The Morgan fingerprint density at radius 3 is 2.48 bits per heavy atom. The Morgan fingerprint density at radius 2 is 1.81 bits per heavy atom. The van der Waals surface area contributed by atoms with Crippen molar-refractivity contribution in [3.05, 3.63) is 76.5 Å². The summed E-state index contributed by atoms with van der Waals surface area (Å²) in [6, 6.07) is 14.0. The standard InChI is InChI=1S/C22H19F3N2/c1-14-8-17(10-18(9-14)22(23,24)25)12-27-13-20(16(3)15(2)11-26)19-6-4-5-7-21(19)27/h4-10,13H,12H2,1-3H3/b16-15-. The summed E-state index contributed by atoms with van der Waals surface area (Å²) in [6.45, 7) is 5.64. The smallest absolute Gasteiger partial charge is 0.342 e. The van der Waals surface area contributed by atoms with Gasteiger partial charge in [-0.3, -0.25) is 0 Å². The first-order valence-corrected chi connectivity index (χ1v) is 8.54. The number of fused-ring (bicyclic) bond motifs is 1. The van der Waals surface area contributed by atoms with Gasteiger partial charge in [0.25, 0.3) is 0 Å². The maximum Gasteiger partial charge on any atom is 0.416 e. The number of hydrogen-bond donors (Lipinski definition) is 0.